The molecular formula is C11H8N2. The van der Waals surface area contributed by atoms with E-state index in [1.165, 1.54) is 0 Å². The Kier molecular flexibility index (Phi) is 1.19. The van der Waals surface area contributed by atoms with Gasteiger partial charge >= 0.3 is 0 Å². The number of aromatic nitrogens is 2. The summed E-state index contributed by atoms with van der Waals surface area (Å²) in [5.74, 6) is 0. The summed E-state index contributed by atoms with van der Waals surface area (Å²) in [6.45, 7) is 0. The van der Waals surface area contributed by atoms with Crippen LogP contribution >= 0.6 is 0 Å². The smallest absolute Gasteiger partial charge is 0.0717 e. The van der Waals surface area contributed by atoms with Gasteiger partial charge in [-0.3, -0.25) is 4.98 Å². The van der Waals surface area contributed by atoms with Gasteiger partial charge in [0.15, 0.2) is 0 Å². The van der Waals surface area contributed by atoms with Crippen molar-refractivity contribution in [2.75, 3.05) is 0 Å². The molecule has 0 aliphatic carbocycles. The first-order valence-electron chi connectivity index (χ1n) is 4.25. The fourth-order valence-corrected chi connectivity index (χ4v) is 1.47. The summed E-state index contributed by atoms with van der Waals surface area (Å²) < 4.78 is 2.08. The fourth-order valence-electron chi connectivity index (χ4n) is 1.47. The number of nitrogens with zero attached hydrogens (tertiary/aromatic N) is 2. The SMILES string of the molecule is c1ccc2ncc3ccn-3cc2c1. The van der Waals surface area contributed by atoms with Crippen LogP contribution in [-0.2, 0) is 0 Å². The number of rotatable bonds is 0. The van der Waals surface area contributed by atoms with E-state index >= 15 is 0 Å². The Balaban J connectivity index is 2.50. The van der Waals surface area contributed by atoms with Crippen molar-refractivity contribution in [1.29, 1.82) is 0 Å². The average molecular weight is 168 g/mol. The van der Waals surface area contributed by atoms with Crippen LogP contribution in [0.1, 0.15) is 0 Å². The zero-order chi connectivity index (χ0) is 8.67. The maximum absolute atomic E-state index is 4.38. The highest BCUT2D eigenvalue weighted by atomic mass is 15.0. The lowest BCUT2D eigenvalue weighted by atomic mass is 10.2. The van der Waals surface area contributed by atoms with Crippen molar-refractivity contribution in [3.8, 4) is 5.69 Å². The van der Waals surface area contributed by atoms with E-state index < -0.39 is 0 Å². The van der Waals surface area contributed by atoms with Crippen molar-refractivity contribution >= 4 is 10.9 Å². The van der Waals surface area contributed by atoms with Crippen molar-refractivity contribution in [3.05, 3.63) is 48.9 Å². The molecule has 13 heavy (non-hydrogen) atoms. The molecule has 3 rings (SSSR count). The molecule has 0 spiro atoms. The van der Waals surface area contributed by atoms with Crippen molar-refractivity contribution in [2.45, 2.75) is 0 Å². The summed E-state index contributed by atoms with van der Waals surface area (Å²) in [4.78, 5) is 4.38. The summed E-state index contributed by atoms with van der Waals surface area (Å²) in [7, 11) is 0. The molecule has 0 amide bonds. The Morgan fingerprint density at radius 3 is 2.85 bits per heavy atom. The topological polar surface area (TPSA) is 17.8 Å². The van der Waals surface area contributed by atoms with Crippen molar-refractivity contribution in [3.63, 3.8) is 0 Å². The molecule has 0 radical (unpaired) electrons. The van der Waals surface area contributed by atoms with Crippen LogP contribution in [0.25, 0.3) is 16.6 Å². The molecule has 2 heteroatoms. The largest absolute Gasteiger partial charge is 0.322 e. The molecule has 2 aliphatic heterocycles. The maximum atomic E-state index is 4.38. The Labute approximate surface area is 75.8 Å². The first kappa shape index (κ1) is 6.66. The van der Waals surface area contributed by atoms with E-state index in [1.54, 1.807) is 0 Å². The molecule has 2 heterocycles. The van der Waals surface area contributed by atoms with Crippen LogP contribution in [0, 0.1) is 0 Å². The average Bonchev–Trinajstić information content (AvgIpc) is 2.25. The van der Waals surface area contributed by atoms with Gasteiger partial charge in [-0.2, -0.15) is 0 Å². The number of fused-ring (bicyclic) bond motifs is 2. The molecule has 1 aromatic carbocycles. The van der Waals surface area contributed by atoms with Gasteiger partial charge in [0.05, 0.1) is 17.4 Å². The Bertz CT molecular complexity index is 525. The minimum Gasteiger partial charge on any atom is -0.322 e. The van der Waals surface area contributed by atoms with E-state index in [2.05, 4.69) is 21.8 Å². The van der Waals surface area contributed by atoms with Crippen LogP contribution in [0.3, 0.4) is 0 Å². The van der Waals surface area contributed by atoms with Gasteiger partial charge in [-0.05, 0) is 12.1 Å². The van der Waals surface area contributed by atoms with Gasteiger partial charge in [0.2, 0.25) is 0 Å². The number of hydrogen-bond acceptors (Lipinski definition) is 1. The predicted octanol–water partition coefficient (Wildman–Crippen LogP) is 2.46. The van der Waals surface area contributed by atoms with E-state index in [0.717, 1.165) is 16.6 Å². The van der Waals surface area contributed by atoms with Gasteiger partial charge in [-0.1, -0.05) is 18.2 Å². The molecule has 0 aromatic heterocycles. The summed E-state index contributed by atoms with van der Waals surface area (Å²) >= 11 is 0. The van der Waals surface area contributed by atoms with E-state index in [-0.39, 0.29) is 0 Å². The van der Waals surface area contributed by atoms with Crippen molar-refractivity contribution < 1.29 is 0 Å². The van der Waals surface area contributed by atoms with Gasteiger partial charge in [0.1, 0.15) is 0 Å². The van der Waals surface area contributed by atoms with E-state index in [0.29, 0.717) is 0 Å². The molecule has 0 saturated heterocycles. The van der Waals surface area contributed by atoms with E-state index in [9.17, 15) is 0 Å². The lowest BCUT2D eigenvalue weighted by Gasteiger charge is -2.07. The van der Waals surface area contributed by atoms with Crippen LogP contribution in [-0.4, -0.2) is 9.55 Å². The molecule has 2 nitrogen and oxygen atoms in total. The molecule has 0 unspecified atom stereocenters. The lowest BCUT2D eigenvalue weighted by Crippen LogP contribution is -1.96. The zero-order valence-corrected chi connectivity index (χ0v) is 7.01. The van der Waals surface area contributed by atoms with Gasteiger partial charge in [-0.15, -0.1) is 0 Å². The monoisotopic (exact) mass is 168 g/mol. The molecular weight excluding hydrogens is 160 g/mol. The first-order valence-corrected chi connectivity index (χ1v) is 4.25. The minimum absolute atomic E-state index is 1.03. The minimum atomic E-state index is 1.03. The third-order valence-corrected chi connectivity index (χ3v) is 2.25. The first-order chi connectivity index (χ1) is 6.43. The fraction of sp³-hybridized carbons (Fsp3) is 0. The van der Waals surface area contributed by atoms with Crippen molar-refractivity contribution in [1.82, 2.24) is 9.55 Å². The van der Waals surface area contributed by atoms with Gasteiger partial charge < -0.3 is 4.57 Å². The highest BCUT2D eigenvalue weighted by molar-refractivity contribution is 5.77. The Hall–Kier alpha value is -1.83. The van der Waals surface area contributed by atoms with Crippen LogP contribution < -0.4 is 0 Å². The zero-order valence-electron chi connectivity index (χ0n) is 7.01. The maximum Gasteiger partial charge on any atom is 0.0717 e. The molecule has 0 atom stereocenters. The van der Waals surface area contributed by atoms with Crippen LogP contribution in [0.5, 0.6) is 0 Å². The predicted molar refractivity (Wildman–Crippen MR) is 52.3 cm³/mol. The third kappa shape index (κ3) is 0.920. The van der Waals surface area contributed by atoms with Crippen LogP contribution in [0.2, 0.25) is 0 Å². The molecule has 2 aliphatic rings. The molecule has 62 valence electrons. The van der Waals surface area contributed by atoms with Gasteiger partial charge in [0, 0.05) is 17.8 Å². The van der Waals surface area contributed by atoms with Crippen molar-refractivity contribution in [2.24, 2.45) is 0 Å². The summed E-state index contributed by atoms with van der Waals surface area (Å²) in [5.41, 5.74) is 2.18. The lowest BCUT2D eigenvalue weighted by molar-refractivity contribution is 1.00. The summed E-state index contributed by atoms with van der Waals surface area (Å²) in [5, 5.41) is 1.16. The third-order valence-electron chi connectivity index (χ3n) is 2.25. The number of para-hydroxylation sites is 1. The second-order valence-electron chi connectivity index (χ2n) is 3.09. The number of benzene rings is 1. The van der Waals surface area contributed by atoms with Gasteiger partial charge in [-0.25, -0.2) is 0 Å². The standard InChI is InChI=1S/C11H8N2/c1-2-4-11-9(3-1)8-13-6-5-10(13)7-12-11/h1-8H. The second kappa shape index (κ2) is 2.33. The highest BCUT2D eigenvalue weighted by Gasteiger charge is 2.00. The molecule has 0 saturated carbocycles. The second-order valence-corrected chi connectivity index (χ2v) is 3.09. The van der Waals surface area contributed by atoms with Crippen LogP contribution in [0.4, 0.5) is 0 Å². The van der Waals surface area contributed by atoms with E-state index in [4.69, 9.17) is 0 Å². The number of hydrogen-bond donors (Lipinski definition) is 0. The highest BCUT2D eigenvalue weighted by Crippen LogP contribution is 2.16. The Morgan fingerprint density at radius 1 is 1.08 bits per heavy atom. The summed E-state index contributed by atoms with van der Waals surface area (Å²) in [6, 6.07) is 10.2. The van der Waals surface area contributed by atoms with E-state index in [1.807, 2.05) is 36.7 Å². The normalized spacial score (nSPS) is 11.1. The quantitative estimate of drug-likeness (QED) is 0.504. The summed E-state index contributed by atoms with van der Waals surface area (Å²) in [6.07, 6.45) is 6.02. The molecule has 0 bridgehead atoms. The van der Waals surface area contributed by atoms with Crippen LogP contribution in [0.15, 0.2) is 48.9 Å². The molecule has 0 fully saturated rings. The molecule has 1 aromatic rings. The van der Waals surface area contributed by atoms with Gasteiger partial charge in [0.25, 0.3) is 0 Å². The Morgan fingerprint density at radius 2 is 2.00 bits per heavy atom. The molecule has 0 N–H and O–H groups in total.